The van der Waals surface area contributed by atoms with Gasteiger partial charge in [-0.25, -0.2) is 9.97 Å². The minimum Gasteiger partial charge on any atom is -0.389 e. The van der Waals surface area contributed by atoms with Gasteiger partial charge in [-0.3, -0.25) is 0 Å². The van der Waals surface area contributed by atoms with Crippen molar-refractivity contribution in [2.24, 2.45) is 0 Å². The third kappa shape index (κ3) is 4.87. The van der Waals surface area contributed by atoms with Crippen molar-refractivity contribution in [3.63, 3.8) is 0 Å². The van der Waals surface area contributed by atoms with Crippen LogP contribution in [0.15, 0.2) is 10.8 Å². The van der Waals surface area contributed by atoms with Gasteiger partial charge in [0.15, 0.2) is 0 Å². The molecular formula is C11H19BrN4O. The number of rotatable bonds is 6. The van der Waals surface area contributed by atoms with E-state index in [1.165, 1.54) is 6.33 Å². The summed E-state index contributed by atoms with van der Waals surface area (Å²) in [6.45, 7) is 6.86. The first-order valence-corrected chi connectivity index (χ1v) is 6.44. The van der Waals surface area contributed by atoms with E-state index in [9.17, 15) is 5.11 Å². The Hall–Kier alpha value is -0.880. The summed E-state index contributed by atoms with van der Waals surface area (Å²) >= 11 is 3.45. The Morgan fingerprint density at radius 2 is 1.88 bits per heavy atom. The molecule has 0 aromatic carbocycles. The Balaban J connectivity index is 2.72. The molecule has 0 amide bonds. The molecule has 1 aromatic heterocycles. The van der Waals surface area contributed by atoms with Gasteiger partial charge in [-0.1, -0.05) is 6.92 Å². The van der Waals surface area contributed by atoms with E-state index in [0.717, 1.165) is 23.3 Å². The predicted molar refractivity (Wildman–Crippen MR) is 73.3 cm³/mol. The van der Waals surface area contributed by atoms with Gasteiger partial charge in [0, 0.05) is 13.1 Å². The van der Waals surface area contributed by atoms with Crippen molar-refractivity contribution in [1.29, 1.82) is 0 Å². The van der Waals surface area contributed by atoms with Crippen LogP contribution in [0, 0.1) is 0 Å². The van der Waals surface area contributed by atoms with Gasteiger partial charge in [0.2, 0.25) is 0 Å². The molecule has 0 radical (unpaired) electrons. The van der Waals surface area contributed by atoms with Crippen LogP contribution in [0.2, 0.25) is 0 Å². The van der Waals surface area contributed by atoms with Crippen molar-refractivity contribution >= 4 is 27.6 Å². The fraction of sp³-hybridized carbons (Fsp3) is 0.636. The molecule has 17 heavy (non-hydrogen) atoms. The molecule has 0 aliphatic rings. The molecule has 0 saturated carbocycles. The average Bonchev–Trinajstić information content (AvgIpc) is 2.25. The Kier molecular flexibility index (Phi) is 5.14. The first kappa shape index (κ1) is 14.2. The van der Waals surface area contributed by atoms with Gasteiger partial charge in [-0.2, -0.15) is 0 Å². The monoisotopic (exact) mass is 302 g/mol. The van der Waals surface area contributed by atoms with Gasteiger partial charge in [0.25, 0.3) is 0 Å². The second-order valence-corrected chi connectivity index (χ2v) is 5.27. The first-order valence-electron chi connectivity index (χ1n) is 5.64. The number of halogens is 1. The van der Waals surface area contributed by atoms with Gasteiger partial charge in [0.05, 0.1) is 5.60 Å². The van der Waals surface area contributed by atoms with Crippen molar-refractivity contribution in [3.8, 4) is 0 Å². The summed E-state index contributed by atoms with van der Waals surface area (Å²) in [5.41, 5.74) is -0.776. The minimum atomic E-state index is -0.776. The topological polar surface area (TPSA) is 70.1 Å². The molecule has 0 saturated heterocycles. The lowest BCUT2D eigenvalue weighted by Crippen LogP contribution is -2.29. The largest absolute Gasteiger partial charge is 0.389 e. The van der Waals surface area contributed by atoms with Crippen LogP contribution in [0.3, 0.4) is 0 Å². The number of nitrogens with one attached hydrogen (secondary N) is 2. The molecule has 1 heterocycles. The summed E-state index contributed by atoms with van der Waals surface area (Å²) in [6.07, 6.45) is 2.53. The summed E-state index contributed by atoms with van der Waals surface area (Å²) in [5, 5.41) is 15.9. The van der Waals surface area contributed by atoms with E-state index in [2.05, 4.69) is 43.5 Å². The van der Waals surface area contributed by atoms with Crippen LogP contribution in [0.1, 0.15) is 27.2 Å². The normalized spacial score (nSPS) is 11.4. The molecule has 0 aliphatic heterocycles. The highest BCUT2D eigenvalue weighted by Gasteiger charge is 2.14. The Labute approximate surface area is 110 Å². The molecule has 1 rings (SSSR count). The summed E-state index contributed by atoms with van der Waals surface area (Å²) in [4.78, 5) is 8.28. The summed E-state index contributed by atoms with van der Waals surface area (Å²) in [6, 6.07) is 0. The summed E-state index contributed by atoms with van der Waals surface area (Å²) in [5.74, 6) is 1.45. The minimum absolute atomic E-state index is 0.426. The van der Waals surface area contributed by atoms with E-state index in [1.54, 1.807) is 13.8 Å². The number of hydrogen-bond acceptors (Lipinski definition) is 5. The molecule has 0 spiro atoms. The summed E-state index contributed by atoms with van der Waals surface area (Å²) in [7, 11) is 0. The zero-order chi connectivity index (χ0) is 12.9. The Morgan fingerprint density at radius 3 is 2.41 bits per heavy atom. The lowest BCUT2D eigenvalue weighted by atomic mass is 10.1. The Bertz CT molecular complexity index is 365. The molecule has 96 valence electrons. The maximum atomic E-state index is 9.64. The maximum absolute atomic E-state index is 9.64. The maximum Gasteiger partial charge on any atom is 0.146 e. The number of aliphatic hydroxyl groups is 1. The molecule has 1 aromatic rings. The molecule has 5 nitrogen and oxygen atoms in total. The van der Waals surface area contributed by atoms with E-state index in [1.807, 2.05) is 0 Å². The first-order chi connectivity index (χ1) is 7.94. The SMILES string of the molecule is CCCNc1ncnc(NCC(C)(C)O)c1Br. The number of anilines is 2. The van der Waals surface area contributed by atoms with Gasteiger partial charge < -0.3 is 15.7 Å². The van der Waals surface area contributed by atoms with E-state index in [4.69, 9.17) is 0 Å². The fourth-order valence-corrected chi connectivity index (χ4v) is 1.64. The molecule has 0 unspecified atom stereocenters. The molecule has 0 bridgehead atoms. The zero-order valence-electron chi connectivity index (χ0n) is 10.4. The molecule has 0 fully saturated rings. The number of hydrogen-bond donors (Lipinski definition) is 3. The lowest BCUT2D eigenvalue weighted by Gasteiger charge is -2.19. The predicted octanol–water partition coefficient (Wildman–Crippen LogP) is 2.24. The third-order valence-corrected chi connectivity index (χ3v) is 2.77. The van der Waals surface area contributed by atoms with E-state index >= 15 is 0 Å². The molecule has 3 N–H and O–H groups in total. The fourth-order valence-electron chi connectivity index (χ4n) is 1.16. The van der Waals surface area contributed by atoms with Crippen molar-refractivity contribution in [1.82, 2.24) is 9.97 Å². The molecule has 0 aliphatic carbocycles. The quantitative estimate of drug-likeness (QED) is 0.752. The van der Waals surface area contributed by atoms with Crippen LogP contribution in [0.5, 0.6) is 0 Å². The van der Waals surface area contributed by atoms with E-state index < -0.39 is 5.60 Å². The highest BCUT2D eigenvalue weighted by atomic mass is 79.9. The number of aromatic nitrogens is 2. The second-order valence-electron chi connectivity index (χ2n) is 4.48. The van der Waals surface area contributed by atoms with Gasteiger partial charge >= 0.3 is 0 Å². The highest BCUT2D eigenvalue weighted by molar-refractivity contribution is 9.10. The number of nitrogens with zero attached hydrogens (tertiary/aromatic N) is 2. The lowest BCUT2D eigenvalue weighted by molar-refractivity contribution is 0.0944. The Morgan fingerprint density at radius 1 is 1.29 bits per heavy atom. The van der Waals surface area contributed by atoms with Gasteiger partial charge in [-0.15, -0.1) is 0 Å². The molecular weight excluding hydrogens is 284 g/mol. The molecule has 0 atom stereocenters. The van der Waals surface area contributed by atoms with Crippen LogP contribution in [0.25, 0.3) is 0 Å². The van der Waals surface area contributed by atoms with Crippen LogP contribution in [-0.4, -0.2) is 33.8 Å². The zero-order valence-corrected chi connectivity index (χ0v) is 12.0. The van der Waals surface area contributed by atoms with Crippen LogP contribution < -0.4 is 10.6 Å². The van der Waals surface area contributed by atoms with Crippen LogP contribution in [0.4, 0.5) is 11.6 Å². The standard InChI is InChI=1S/C11H19BrN4O/c1-4-5-13-9-8(12)10(16-7-15-9)14-6-11(2,3)17/h7,17H,4-6H2,1-3H3,(H2,13,14,15,16). The third-order valence-electron chi connectivity index (χ3n) is 2.02. The van der Waals surface area contributed by atoms with Crippen LogP contribution in [-0.2, 0) is 0 Å². The smallest absolute Gasteiger partial charge is 0.146 e. The highest BCUT2D eigenvalue weighted by Crippen LogP contribution is 2.26. The average molecular weight is 303 g/mol. The van der Waals surface area contributed by atoms with E-state index in [0.29, 0.717) is 12.4 Å². The van der Waals surface area contributed by atoms with Gasteiger partial charge in [-0.05, 0) is 36.2 Å². The summed E-state index contributed by atoms with van der Waals surface area (Å²) < 4.78 is 0.790. The van der Waals surface area contributed by atoms with Crippen molar-refractivity contribution < 1.29 is 5.11 Å². The second kappa shape index (κ2) is 6.16. The van der Waals surface area contributed by atoms with Crippen molar-refractivity contribution in [2.45, 2.75) is 32.8 Å². The van der Waals surface area contributed by atoms with E-state index in [-0.39, 0.29) is 0 Å². The molecule has 6 heteroatoms. The van der Waals surface area contributed by atoms with Gasteiger partial charge in [0.1, 0.15) is 22.4 Å². The van der Waals surface area contributed by atoms with Crippen molar-refractivity contribution in [3.05, 3.63) is 10.8 Å². The van der Waals surface area contributed by atoms with Crippen molar-refractivity contribution in [2.75, 3.05) is 23.7 Å². The van der Waals surface area contributed by atoms with Crippen LogP contribution >= 0.6 is 15.9 Å².